The summed E-state index contributed by atoms with van der Waals surface area (Å²) in [6.45, 7) is 5.59. The summed E-state index contributed by atoms with van der Waals surface area (Å²) in [5.74, 6) is 1.58. The lowest BCUT2D eigenvalue weighted by Crippen LogP contribution is -2.47. The van der Waals surface area contributed by atoms with E-state index in [4.69, 9.17) is 9.15 Å². The van der Waals surface area contributed by atoms with Gasteiger partial charge in [0.1, 0.15) is 5.75 Å². The fourth-order valence-corrected chi connectivity index (χ4v) is 3.16. The van der Waals surface area contributed by atoms with Crippen molar-refractivity contribution in [1.82, 2.24) is 20.0 Å². The summed E-state index contributed by atoms with van der Waals surface area (Å²) in [5.41, 5.74) is 1.13. The maximum Gasteiger partial charge on any atom is 0.277 e. The molecule has 1 aromatic carbocycles. The molecule has 2 heterocycles. The molecule has 0 N–H and O–H groups in total. The molecule has 1 amide bonds. The average molecular weight is 362 g/mol. The van der Waals surface area contributed by atoms with Crippen molar-refractivity contribution in [3.63, 3.8) is 0 Å². The molecular weight excluding hydrogens is 340 g/mol. The number of aromatic nitrogens is 2. The number of amides is 1. The standard InChI is InChI=1S/C17H22N4O3S/c1-13-4-3-5-14(10-13)23-11-15-18-19-17(24-15)25-12-16(22)21-8-6-20(2)7-9-21/h3-5,10H,6-9,11-12H2,1-2H3. The van der Waals surface area contributed by atoms with Gasteiger partial charge in [-0.15, -0.1) is 10.2 Å². The lowest BCUT2D eigenvalue weighted by Gasteiger charge is -2.32. The van der Waals surface area contributed by atoms with Crippen molar-refractivity contribution in [1.29, 1.82) is 0 Å². The quantitative estimate of drug-likeness (QED) is 0.726. The van der Waals surface area contributed by atoms with Gasteiger partial charge in [0.05, 0.1) is 5.75 Å². The van der Waals surface area contributed by atoms with E-state index in [1.165, 1.54) is 11.8 Å². The Kier molecular flexibility index (Phi) is 5.93. The highest BCUT2D eigenvalue weighted by Gasteiger charge is 2.20. The molecule has 8 heteroatoms. The van der Waals surface area contributed by atoms with Crippen molar-refractivity contribution in [3.8, 4) is 5.75 Å². The van der Waals surface area contributed by atoms with Gasteiger partial charge in [0.25, 0.3) is 11.1 Å². The maximum absolute atomic E-state index is 12.2. The number of thioether (sulfide) groups is 1. The Bertz CT molecular complexity index is 713. The Labute approximate surface area is 151 Å². The van der Waals surface area contributed by atoms with Crippen LogP contribution in [0.25, 0.3) is 0 Å². The molecule has 0 bridgehead atoms. The highest BCUT2D eigenvalue weighted by Crippen LogP contribution is 2.19. The molecule has 0 saturated carbocycles. The van der Waals surface area contributed by atoms with Crippen molar-refractivity contribution in [2.75, 3.05) is 39.0 Å². The number of carbonyl (C=O) groups is 1. The SMILES string of the molecule is Cc1cccc(OCc2nnc(SCC(=O)N3CCN(C)CC3)o2)c1. The number of hydrogen-bond donors (Lipinski definition) is 0. The lowest BCUT2D eigenvalue weighted by atomic mass is 10.2. The molecule has 0 spiro atoms. The minimum absolute atomic E-state index is 0.105. The van der Waals surface area contributed by atoms with E-state index in [0.29, 0.717) is 16.9 Å². The zero-order valence-electron chi connectivity index (χ0n) is 14.5. The predicted octanol–water partition coefficient (Wildman–Crippen LogP) is 1.82. The normalized spacial score (nSPS) is 15.4. The zero-order valence-corrected chi connectivity index (χ0v) is 15.3. The van der Waals surface area contributed by atoms with Crippen LogP contribution in [0.2, 0.25) is 0 Å². The molecule has 134 valence electrons. The van der Waals surface area contributed by atoms with Crippen LogP contribution >= 0.6 is 11.8 Å². The molecule has 2 aromatic rings. The van der Waals surface area contributed by atoms with E-state index in [-0.39, 0.29) is 12.5 Å². The summed E-state index contributed by atoms with van der Waals surface area (Å²) in [4.78, 5) is 16.3. The molecule has 0 radical (unpaired) electrons. The molecule has 1 fully saturated rings. The first kappa shape index (κ1) is 17.8. The smallest absolute Gasteiger partial charge is 0.277 e. The Morgan fingerprint density at radius 1 is 1.28 bits per heavy atom. The fraction of sp³-hybridized carbons (Fsp3) is 0.471. The molecule has 25 heavy (non-hydrogen) atoms. The lowest BCUT2D eigenvalue weighted by molar-refractivity contribution is -0.129. The van der Waals surface area contributed by atoms with Gasteiger partial charge in [0, 0.05) is 26.2 Å². The van der Waals surface area contributed by atoms with Crippen molar-refractivity contribution in [2.24, 2.45) is 0 Å². The third-order valence-corrected chi connectivity index (χ3v) is 4.78. The van der Waals surface area contributed by atoms with Crippen LogP contribution in [-0.2, 0) is 11.4 Å². The van der Waals surface area contributed by atoms with Crippen LogP contribution < -0.4 is 4.74 Å². The Hall–Kier alpha value is -2.06. The number of piperazine rings is 1. The van der Waals surface area contributed by atoms with Gasteiger partial charge in [-0.1, -0.05) is 23.9 Å². The fourth-order valence-electron chi connectivity index (χ4n) is 2.48. The summed E-state index contributed by atoms with van der Waals surface area (Å²) >= 11 is 1.27. The van der Waals surface area contributed by atoms with E-state index in [2.05, 4.69) is 22.1 Å². The van der Waals surface area contributed by atoms with Gasteiger partial charge in [-0.05, 0) is 31.7 Å². The van der Waals surface area contributed by atoms with Crippen molar-refractivity contribution in [3.05, 3.63) is 35.7 Å². The van der Waals surface area contributed by atoms with Gasteiger partial charge >= 0.3 is 0 Å². The van der Waals surface area contributed by atoms with Crippen LogP contribution in [0.3, 0.4) is 0 Å². The number of carbonyl (C=O) groups excluding carboxylic acids is 1. The van der Waals surface area contributed by atoms with Gasteiger partial charge in [-0.2, -0.15) is 0 Å². The van der Waals surface area contributed by atoms with E-state index in [9.17, 15) is 4.79 Å². The molecule has 1 saturated heterocycles. The predicted molar refractivity (Wildman–Crippen MR) is 94.6 cm³/mol. The highest BCUT2D eigenvalue weighted by atomic mass is 32.2. The first-order valence-electron chi connectivity index (χ1n) is 8.21. The molecule has 3 rings (SSSR count). The monoisotopic (exact) mass is 362 g/mol. The van der Waals surface area contributed by atoms with E-state index in [1.54, 1.807) is 0 Å². The Morgan fingerprint density at radius 3 is 2.84 bits per heavy atom. The van der Waals surface area contributed by atoms with Gasteiger partial charge < -0.3 is 19.0 Å². The number of hydrogen-bond acceptors (Lipinski definition) is 7. The second kappa shape index (κ2) is 8.35. The summed E-state index contributed by atoms with van der Waals surface area (Å²) in [7, 11) is 2.06. The van der Waals surface area contributed by atoms with E-state index in [1.807, 2.05) is 36.1 Å². The van der Waals surface area contributed by atoms with Crippen molar-refractivity contribution in [2.45, 2.75) is 18.8 Å². The number of likely N-dealkylation sites (N-methyl/N-ethyl adjacent to an activating group) is 1. The second-order valence-corrected chi connectivity index (χ2v) is 6.97. The summed E-state index contributed by atoms with van der Waals surface area (Å²) in [5, 5.41) is 8.32. The largest absolute Gasteiger partial charge is 0.484 e. The maximum atomic E-state index is 12.2. The third kappa shape index (κ3) is 5.20. The summed E-state index contributed by atoms with van der Waals surface area (Å²) in [6.07, 6.45) is 0. The molecule has 0 atom stereocenters. The van der Waals surface area contributed by atoms with E-state index >= 15 is 0 Å². The summed E-state index contributed by atoms with van der Waals surface area (Å²) in [6, 6.07) is 7.77. The second-order valence-electron chi connectivity index (χ2n) is 6.04. The number of nitrogens with zero attached hydrogens (tertiary/aromatic N) is 4. The number of benzene rings is 1. The minimum Gasteiger partial charge on any atom is -0.484 e. The first-order valence-corrected chi connectivity index (χ1v) is 9.19. The van der Waals surface area contributed by atoms with E-state index in [0.717, 1.165) is 37.5 Å². The molecule has 1 aromatic heterocycles. The third-order valence-electron chi connectivity index (χ3n) is 3.98. The minimum atomic E-state index is 0.105. The highest BCUT2D eigenvalue weighted by molar-refractivity contribution is 7.99. The first-order chi connectivity index (χ1) is 12.1. The van der Waals surface area contributed by atoms with Gasteiger partial charge in [0.2, 0.25) is 5.91 Å². The number of rotatable bonds is 6. The topological polar surface area (TPSA) is 71.7 Å². The molecule has 0 aliphatic carbocycles. The van der Waals surface area contributed by atoms with Crippen molar-refractivity contribution >= 4 is 17.7 Å². The van der Waals surface area contributed by atoms with Crippen molar-refractivity contribution < 1.29 is 13.9 Å². The van der Waals surface area contributed by atoms with Crippen LogP contribution in [0.15, 0.2) is 33.9 Å². The van der Waals surface area contributed by atoms with Crippen LogP contribution in [0.5, 0.6) is 5.75 Å². The molecule has 1 aliphatic rings. The average Bonchev–Trinajstić information content (AvgIpc) is 3.06. The van der Waals surface area contributed by atoms with Crippen LogP contribution in [0, 0.1) is 6.92 Å². The number of aryl methyl sites for hydroxylation is 1. The van der Waals surface area contributed by atoms with Crippen LogP contribution in [-0.4, -0.2) is 64.9 Å². The van der Waals surface area contributed by atoms with Gasteiger partial charge in [-0.3, -0.25) is 4.79 Å². The summed E-state index contributed by atoms with van der Waals surface area (Å²) < 4.78 is 11.2. The number of ether oxygens (including phenoxy) is 1. The molecule has 7 nitrogen and oxygen atoms in total. The van der Waals surface area contributed by atoms with E-state index < -0.39 is 0 Å². The van der Waals surface area contributed by atoms with Gasteiger partial charge in [-0.25, -0.2) is 0 Å². The Morgan fingerprint density at radius 2 is 2.08 bits per heavy atom. The van der Waals surface area contributed by atoms with Gasteiger partial charge in [0.15, 0.2) is 6.61 Å². The molecular formula is C17H22N4O3S. The van der Waals surface area contributed by atoms with Crippen LogP contribution in [0.1, 0.15) is 11.5 Å². The Balaban J connectivity index is 1.44. The van der Waals surface area contributed by atoms with Crippen LogP contribution in [0.4, 0.5) is 0 Å². The zero-order chi connectivity index (χ0) is 17.6. The molecule has 1 aliphatic heterocycles. The molecule has 0 unspecified atom stereocenters.